The highest BCUT2D eigenvalue weighted by Crippen LogP contribution is 2.29. The molecule has 84 valence electrons. The second-order valence-electron chi connectivity index (χ2n) is 3.68. The Balaban J connectivity index is 2.11. The number of anilines is 1. The minimum absolute atomic E-state index is 0.118. The predicted molar refractivity (Wildman–Crippen MR) is 67.0 cm³/mol. The Labute approximate surface area is 98.8 Å². The molecule has 1 heterocycles. The molecule has 2 aromatic rings. The molecule has 0 fully saturated rings. The lowest BCUT2D eigenvalue weighted by molar-refractivity contribution is 0.454. The van der Waals surface area contributed by atoms with Crippen LogP contribution in [0.4, 0.5) is 5.13 Å². The fourth-order valence-corrected chi connectivity index (χ4v) is 2.26. The number of nitrogens with one attached hydrogen (secondary N) is 1. The maximum absolute atomic E-state index is 9.38. The molecule has 2 N–H and O–H groups in total. The third-order valence-electron chi connectivity index (χ3n) is 2.41. The number of benzene rings is 1. The maximum atomic E-state index is 9.38. The molecule has 2 rings (SSSR count). The quantitative estimate of drug-likeness (QED) is 0.856. The van der Waals surface area contributed by atoms with Crippen LogP contribution in [-0.4, -0.2) is 10.1 Å². The van der Waals surface area contributed by atoms with Crippen molar-refractivity contribution >= 4 is 16.5 Å². The monoisotopic (exact) mass is 234 g/mol. The number of rotatable bonds is 3. The van der Waals surface area contributed by atoms with E-state index in [4.69, 9.17) is 0 Å². The van der Waals surface area contributed by atoms with Crippen molar-refractivity contribution in [2.24, 2.45) is 0 Å². The molecule has 1 aromatic carbocycles. The van der Waals surface area contributed by atoms with Gasteiger partial charge in [-0.2, -0.15) is 4.98 Å². The van der Waals surface area contributed by atoms with Crippen molar-refractivity contribution in [3.63, 3.8) is 0 Å². The molecular weight excluding hydrogens is 220 g/mol. The molecule has 0 aliphatic carbocycles. The summed E-state index contributed by atoms with van der Waals surface area (Å²) < 4.78 is 0. The van der Waals surface area contributed by atoms with E-state index in [1.165, 1.54) is 16.9 Å². The van der Waals surface area contributed by atoms with E-state index in [-0.39, 0.29) is 11.9 Å². The Morgan fingerprint density at radius 2 is 2.00 bits per heavy atom. The van der Waals surface area contributed by atoms with Crippen LogP contribution in [0.1, 0.15) is 23.4 Å². The van der Waals surface area contributed by atoms with Crippen molar-refractivity contribution in [1.82, 2.24) is 4.98 Å². The molecule has 4 heteroatoms. The SMILES string of the molecule is Cc1sc(N[C@@H](C)c2ccccc2)nc1O. The van der Waals surface area contributed by atoms with Gasteiger partial charge >= 0.3 is 0 Å². The van der Waals surface area contributed by atoms with Crippen LogP contribution in [0.3, 0.4) is 0 Å². The third kappa shape index (κ3) is 2.33. The molecule has 0 unspecified atom stereocenters. The molecule has 16 heavy (non-hydrogen) atoms. The summed E-state index contributed by atoms with van der Waals surface area (Å²) in [5.74, 6) is 0.118. The van der Waals surface area contributed by atoms with Gasteiger partial charge in [0.25, 0.3) is 0 Å². The number of aryl methyl sites for hydroxylation is 1. The number of hydrogen-bond acceptors (Lipinski definition) is 4. The fourth-order valence-electron chi connectivity index (χ4n) is 1.46. The van der Waals surface area contributed by atoms with Crippen molar-refractivity contribution in [3.8, 4) is 5.88 Å². The minimum atomic E-state index is 0.118. The highest BCUT2D eigenvalue weighted by Gasteiger charge is 2.09. The van der Waals surface area contributed by atoms with Gasteiger partial charge in [-0.25, -0.2) is 0 Å². The molecule has 0 bridgehead atoms. The van der Waals surface area contributed by atoms with Gasteiger partial charge in [0, 0.05) is 0 Å². The number of thiazole rings is 1. The lowest BCUT2D eigenvalue weighted by atomic mass is 10.1. The first-order chi connectivity index (χ1) is 7.66. The zero-order chi connectivity index (χ0) is 11.5. The summed E-state index contributed by atoms with van der Waals surface area (Å²) in [5.41, 5.74) is 1.20. The number of nitrogens with zero attached hydrogens (tertiary/aromatic N) is 1. The van der Waals surface area contributed by atoms with Gasteiger partial charge in [-0.3, -0.25) is 0 Å². The highest BCUT2D eigenvalue weighted by atomic mass is 32.1. The second-order valence-corrected chi connectivity index (χ2v) is 4.88. The first-order valence-electron chi connectivity index (χ1n) is 5.14. The molecule has 0 spiro atoms. The normalized spacial score (nSPS) is 12.4. The van der Waals surface area contributed by atoms with E-state index in [1.54, 1.807) is 0 Å². The van der Waals surface area contributed by atoms with E-state index >= 15 is 0 Å². The topological polar surface area (TPSA) is 45.2 Å². The first kappa shape index (κ1) is 11.0. The molecule has 0 saturated heterocycles. The van der Waals surface area contributed by atoms with Gasteiger partial charge in [0.05, 0.1) is 10.9 Å². The van der Waals surface area contributed by atoms with Crippen molar-refractivity contribution in [3.05, 3.63) is 40.8 Å². The van der Waals surface area contributed by atoms with Crippen molar-refractivity contribution in [2.45, 2.75) is 19.9 Å². The summed E-state index contributed by atoms with van der Waals surface area (Å²) in [5, 5.41) is 13.4. The van der Waals surface area contributed by atoms with Crippen LogP contribution in [0.5, 0.6) is 5.88 Å². The van der Waals surface area contributed by atoms with Crippen LogP contribution in [0.25, 0.3) is 0 Å². The van der Waals surface area contributed by atoms with Crippen LogP contribution >= 0.6 is 11.3 Å². The molecule has 1 atom stereocenters. The minimum Gasteiger partial charge on any atom is -0.492 e. The Bertz CT molecular complexity index is 448. The number of aromatic nitrogens is 1. The van der Waals surface area contributed by atoms with E-state index in [9.17, 15) is 5.11 Å². The van der Waals surface area contributed by atoms with Gasteiger partial charge in [0.15, 0.2) is 5.13 Å². The summed E-state index contributed by atoms with van der Waals surface area (Å²) in [7, 11) is 0. The molecule has 0 aliphatic heterocycles. The third-order valence-corrected chi connectivity index (χ3v) is 3.30. The smallest absolute Gasteiger partial charge is 0.226 e. The molecular formula is C12H14N2OS. The highest BCUT2D eigenvalue weighted by molar-refractivity contribution is 7.15. The van der Waals surface area contributed by atoms with E-state index in [0.717, 1.165) is 10.0 Å². The summed E-state index contributed by atoms with van der Waals surface area (Å²) in [6.07, 6.45) is 0. The Morgan fingerprint density at radius 3 is 2.56 bits per heavy atom. The average Bonchev–Trinajstić information content (AvgIpc) is 2.59. The van der Waals surface area contributed by atoms with Gasteiger partial charge in [-0.05, 0) is 19.4 Å². The molecule has 0 aliphatic rings. The van der Waals surface area contributed by atoms with E-state index in [1.807, 2.05) is 25.1 Å². The van der Waals surface area contributed by atoms with Crippen molar-refractivity contribution in [1.29, 1.82) is 0 Å². The molecule has 3 nitrogen and oxygen atoms in total. The molecule has 0 amide bonds. The zero-order valence-corrected chi connectivity index (χ0v) is 10.1. The van der Waals surface area contributed by atoms with Crippen LogP contribution in [0.15, 0.2) is 30.3 Å². The van der Waals surface area contributed by atoms with Crippen molar-refractivity contribution in [2.75, 3.05) is 5.32 Å². The van der Waals surface area contributed by atoms with Gasteiger partial charge < -0.3 is 10.4 Å². The van der Waals surface area contributed by atoms with E-state index in [2.05, 4.69) is 29.4 Å². The van der Waals surface area contributed by atoms with Gasteiger partial charge in [0.1, 0.15) is 0 Å². The summed E-state index contributed by atoms with van der Waals surface area (Å²) in [6, 6.07) is 10.3. The Kier molecular flexibility index (Phi) is 3.10. The largest absolute Gasteiger partial charge is 0.492 e. The summed E-state index contributed by atoms with van der Waals surface area (Å²) >= 11 is 1.47. The van der Waals surface area contributed by atoms with Crippen molar-refractivity contribution < 1.29 is 5.11 Å². The number of aromatic hydroxyl groups is 1. The maximum Gasteiger partial charge on any atom is 0.226 e. The van der Waals surface area contributed by atoms with Crippen LogP contribution in [0.2, 0.25) is 0 Å². The van der Waals surface area contributed by atoms with Gasteiger partial charge in [0.2, 0.25) is 5.88 Å². The number of hydrogen-bond donors (Lipinski definition) is 2. The second kappa shape index (κ2) is 4.53. The van der Waals surface area contributed by atoms with E-state index < -0.39 is 0 Å². The first-order valence-corrected chi connectivity index (χ1v) is 5.96. The molecule has 0 saturated carbocycles. The Morgan fingerprint density at radius 1 is 1.31 bits per heavy atom. The summed E-state index contributed by atoms with van der Waals surface area (Å²) in [4.78, 5) is 4.87. The van der Waals surface area contributed by atoms with Crippen LogP contribution in [-0.2, 0) is 0 Å². The standard InChI is InChI=1S/C12H14N2OS/c1-8(10-6-4-3-5-7-10)13-12-14-11(15)9(2)16-12/h3-8,15H,1-2H3,(H,13,14)/t8-/m0/s1. The Hall–Kier alpha value is -1.55. The van der Waals surface area contributed by atoms with Crippen LogP contribution in [0, 0.1) is 6.92 Å². The summed E-state index contributed by atoms with van der Waals surface area (Å²) in [6.45, 7) is 3.93. The van der Waals surface area contributed by atoms with Gasteiger partial charge in [-0.1, -0.05) is 41.7 Å². The van der Waals surface area contributed by atoms with Gasteiger partial charge in [-0.15, -0.1) is 0 Å². The predicted octanol–water partition coefficient (Wildman–Crippen LogP) is 3.33. The lowest BCUT2D eigenvalue weighted by Crippen LogP contribution is -2.05. The lowest BCUT2D eigenvalue weighted by Gasteiger charge is -2.12. The fraction of sp³-hybridized carbons (Fsp3) is 0.250. The zero-order valence-electron chi connectivity index (χ0n) is 9.27. The molecule has 0 radical (unpaired) electrons. The average molecular weight is 234 g/mol. The molecule has 1 aromatic heterocycles. The van der Waals surface area contributed by atoms with E-state index in [0.29, 0.717) is 0 Å². The van der Waals surface area contributed by atoms with Crippen LogP contribution < -0.4 is 5.32 Å².